The molecular weight excluding hydrogens is 412 g/mol. The first-order valence-corrected chi connectivity index (χ1v) is 12.1. The molecule has 0 aromatic heterocycles. The minimum Gasteiger partial charge on any atom is -0.390 e. The van der Waals surface area contributed by atoms with Crippen LogP contribution in [0.4, 0.5) is 0 Å². The van der Waals surface area contributed by atoms with E-state index in [9.17, 15) is 18.3 Å². The molecular formula is C21H29ClN2O4S. The molecule has 4 fully saturated rings. The SMILES string of the molecule is CC(C)(CC(=O)NC1C2CC3CC1CC(O)(C3)C2)NS(=O)(=O)c1cccc(Cl)c1. The van der Waals surface area contributed by atoms with Gasteiger partial charge in [0.25, 0.3) is 0 Å². The van der Waals surface area contributed by atoms with Crippen molar-refractivity contribution >= 4 is 27.5 Å². The summed E-state index contributed by atoms with van der Waals surface area (Å²) in [5.41, 5.74) is -1.49. The van der Waals surface area contributed by atoms with Crippen LogP contribution in [0.25, 0.3) is 0 Å². The van der Waals surface area contributed by atoms with Crippen molar-refractivity contribution in [2.75, 3.05) is 0 Å². The zero-order valence-electron chi connectivity index (χ0n) is 16.8. The van der Waals surface area contributed by atoms with Crippen LogP contribution in [0.15, 0.2) is 29.2 Å². The Morgan fingerprint density at radius 1 is 1.24 bits per heavy atom. The van der Waals surface area contributed by atoms with Crippen molar-refractivity contribution in [3.63, 3.8) is 0 Å². The molecule has 160 valence electrons. The molecule has 0 saturated heterocycles. The Labute approximate surface area is 177 Å². The highest BCUT2D eigenvalue weighted by atomic mass is 35.5. The number of rotatable bonds is 6. The summed E-state index contributed by atoms with van der Waals surface area (Å²) < 4.78 is 28.0. The molecule has 2 unspecified atom stereocenters. The van der Waals surface area contributed by atoms with Crippen LogP contribution in [0, 0.1) is 17.8 Å². The summed E-state index contributed by atoms with van der Waals surface area (Å²) in [4.78, 5) is 12.9. The molecule has 1 aromatic rings. The summed E-state index contributed by atoms with van der Waals surface area (Å²) >= 11 is 5.91. The van der Waals surface area contributed by atoms with E-state index in [-0.39, 0.29) is 23.3 Å². The normalized spacial score (nSPS) is 33.7. The fourth-order valence-corrected chi connectivity index (χ4v) is 7.66. The van der Waals surface area contributed by atoms with E-state index in [4.69, 9.17) is 11.6 Å². The van der Waals surface area contributed by atoms with Crippen LogP contribution in [0.2, 0.25) is 5.02 Å². The number of carbonyl (C=O) groups excluding carboxylic acids is 1. The molecule has 0 radical (unpaired) electrons. The van der Waals surface area contributed by atoms with Crippen molar-refractivity contribution in [1.82, 2.24) is 10.0 Å². The summed E-state index contributed by atoms with van der Waals surface area (Å²) in [7, 11) is -3.79. The van der Waals surface area contributed by atoms with Crippen molar-refractivity contribution in [1.29, 1.82) is 0 Å². The van der Waals surface area contributed by atoms with Gasteiger partial charge >= 0.3 is 0 Å². The van der Waals surface area contributed by atoms with Gasteiger partial charge in [-0.1, -0.05) is 17.7 Å². The van der Waals surface area contributed by atoms with Crippen LogP contribution in [0.3, 0.4) is 0 Å². The van der Waals surface area contributed by atoms with Gasteiger partial charge in [0.2, 0.25) is 15.9 Å². The number of nitrogens with one attached hydrogen (secondary N) is 2. The zero-order valence-corrected chi connectivity index (χ0v) is 18.4. The van der Waals surface area contributed by atoms with Gasteiger partial charge < -0.3 is 10.4 Å². The van der Waals surface area contributed by atoms with Gasteiger partial charge in [-0.3, -0.25) is 4.79 Å². The number of aliphatic hydroxyl groups is 1. The summed E-state index contributed by atoms with van der Waals surface area (Å²) in [5.74, 6) is 1.06. The molecule has 3 N–H and O–H groups in total. The standard InChI is InChI=1S/C21H29ClN2O4S/c1-20(2,24-29(27,28)17-5-3-4-16(22)8-17)12-18(25)23-19-14-6-13-7-15(19)11-21(26,9-13)10-14/h3-5,8,13-15,19,24,26H,6-7,9-12H2,1-2H3,(H,23,25). The number of benzene rings is 1. The smallest absolute Gasteiger partial charge is 0.241 e. The summed E-state index contributed by atoms with van der Waals surface area (Å²) in [6.07, 6.45) is 4.59. The van der Waals surface area contributed by atoms with Crippen molar-refractivity contribution < 1.29 is 18.3 Å². The average Bonchev–Trinajstić information content (AvgIpc) is 2.55. The third-order valence-electron chi connectivity index (χ3n) is 6.69. The van der Waals surface area contributed by atoms with E-state index in [1.807, 2.05) is 0 Å². The first kappa shape index (κ1) is 21.1. The number of sulfonamides is 1. The van der Waals surface area contributed by atoms with Gasteiger partial charge in [0.05, 0.1) is 10.5 Å². The second-order valence-electron chi connectivity index (χ2n) is 9.91. The topological polar surface area (TPSA) is 95.5 Å². The monoisotopic (exact) mass is 440 g/mol. The van der Waals surface area contributed by atoms with Gasteiger partial charge in [0.15, 0.2) is 0 Å². The molecule has 4 aliphatic rings. The molecule has 4 bridgehead atoms. The summed E-state index contributed by atoms with van der Waals surface area (Å²) in [5, 5.41) is 14.2. The Balaban J connectivity index is 1.39. The van der Waals surface area contributed by atoms with E-state index in [2.05, 4.69) is 10.0 Å². The zero-order chi connectivity index (χ0) is 21.0. The highest BCUT2D eigenvalue weighted by molar-refractivity contribution is 7.89. The number of carbonyl (C=O) groups is 1. The van der Waals surface area contributed by atoms with E-state index >= 15 is 0 Å². The molecule has 1 amide bonds. The summed E-state index contributed by atoms with van der Waals surface area (Å²) in [6.45, 7) is 3.41. The first-order chi connectivity index (χ1) is 13.4. The van der Waals surface area contributed by atoms with Crippen LogP contribution < -0.4 is 10.0 Å². The van der Waals surface area contributed by atoms with Gasteiger partial charge in [-0.2, -0.15) is 0 Å². The molecule has 0 spiro atoms. The van der Waals surface area contributed by atoms with Crippen molar-refractivity contribution in [2.45, 2.75) is 74.4 Å². The Hall–Kier alpha value is -1.15. The van der Waals surface area contributed by atoms with E-state index in [1.165, 1.54) is 12.1 Å². The van der Waals surface area contributed by atoms with Crippen molar-refractivity contribution in [3.8, 4) is 0 Å². The van der Waals surface area contributed by atoms with Crippen LogP contribution in [0.1, 0.15) is 52.4 Å². The average molecular weight is 441 g/mol. The third kappa shape index (κ3) is 4.48. The van der Waals surface area contributed by atoms with Crippen LogP contribution in [-0.4, -0.2) is 36.6 Å². The maximum atomic E-state index is 12.8. The number of hydrogen-bond donors (Lipinski definition) is 3. The number of hydrogen-bond acceptors (Lipinski definition) is 4. The van der Waals surface area contributed by atoms with Gasteiger partial charge in [0, 0.05) is 23.0 Å². The van der Waals surface area contributed by atoms with Gasteiger partial charge in [0.1, 0.15) is 0 Å². The molecule has 5 rings (SSSR count). The Kier molecular flexibility index (Phi) is 5.25. The lowest BCUT2D eigenvalue weighted by atomic mass is 9.52. The molecule has 1 aromatic carbocycles. The Morgan fingerprint density at radius 2 is 1.90 bits per heavy atom. The van der Waals surface area contributed by atoms with Gasteiger partial charge in [-0.25, -0.2) is 13.1 Å². The first-order valence-electron chi connectivity index (χ1n) is 10.3. The van der Waals surface area contributed by atoms with Gasteiger partial charge in [-0.15, -0.1) is 0 Å². The Bertz CT molecular complexity index is 901. The molecule has 8 heteroatoms. The predicted octanol–water partition coefficient (Wildman–Crippen LogP) is 2.84. The molecule has 4 aliphatic carbocycles. The second kappa shape index (κ2) is 7.22. The third-order valence-corrected chi connectivity index (χ3v) is 8.62. The maximum Gasteiger partial charge on any atom is 0.241 e. The number of halogens is 1. The highest BCUT2D eigenvalue weighted by Crippen LogP contribution is 2.55. The van der Waals surface area contributed by atoms with Crippen molar-refractivity contribution in [2.24, 2.45) is 17.8 Å². The fraction of sp³-hybridized carbons (Fsp3) is 0.667. The fourth-order valence-electron chi connectivity index (χ4n) is 5.95. The van der Waals surface area contributed by atoms with Gasteiger partial charge in [-0.05, 0) is 81.9 Å². The minimum absolute atomic E-state index is 0.0381. The minimum atomic E-state index is -3.79. The molecule has 0 heterocycles. The molecule has 4 saturated carbocycles. The predicted molar refractivity (Wildman–Crippen MR) is 111 cm³/mol. The second-order valence-corrected chi connectivity index (χ2v) is 12.0. The maximum absolute atomic E-state index is 12.8. The van der Waals surface area contributed by atoms with Crippen LogP contribution in [-0.2, 0) is 14.8 Å². The Morgan fingerprint density at radius 3 is 2.48 bits per heavy atom. The number of amides is 1. The lowest BCUT2D eigenvalue weighted by molar-refractivity contribution is -0.147. The van der Waals surface area contributed by atoms with E-state index in [0.717, 1.165) is 32.1 Å². The lowest BCUT2D eigenvalue weighted by Crippen LogP contribution is -2.62. The quantitative estimate of drug-likeness (QED) is 0.633. The highest BCUT2D eigenvalue weighted by Gasteiger charge is 2.55. The summed E-state index contributed by atoms with van der Waals surface area (Å²) in [6, 6.07) is 6.14. The van der Waals surface area contributed by atoms with Crippen molar-refractivity contribution in [3.05, 3.63) is 29.3 Å². The van der Waals surface area contributed by atoms with Crippen LogP contribution in [0.5, 0.6) is 0 Å². The molecule has 29 heavy (non-hydrogen) atoms. The molecule has 2 atom stereocenters. The lowest BCUT2D eigenvalue weighted by Gasteiger charge is -2.58. The molecule has 0 aliphatic heterocycles. The van der Waals surface area contributed by atoms with E-state index < -0.39 is 21.2 Å². The van der Waals surface area contributed by atoms with E-state index in [0.29, 0.717) is 22.8 Å². The largest absolute Gasteiger partial charge is 0.390 e. The van der Waals surface area contributed by atoms with Crippen LogP contribution >= 0.6 is 11.6 Å². The molecule has 6 nitrogen and oxygen atoms in total. The van der Waals surface area contributed by atoms with E-state index in [1.54, 1.807) is 26.0 Å².